The van der Waals surface area contributed by atoms with Gasteiger partial charge in [0.2, 0.25) is 0 Å². The van der Waals surface area contributed by atoms with Crippen LogP contribution >= 0.6 is 0 Å². The molecule has 1 heterocycles. The van der Waals surface area contributed by atoms with Crippen LogP contribution in [-0.2, 0) is 11.2 Å². The van der Waals surface area contributed by atoms with Gasteiger partial charge in [-0.15, -0.1) is 0 Å². The Bertz CT molecular complexity index is 801. The normalized spacial score (nSPS) is 25.8. The number of hydrogen-bond acceptors (Lipinski definition) is 4. The second-order valence-corrected chi connectivity index (χ2v) is 5.69. The van der Waals surface area contributed by atoms with Crippen LogP contribution in [0.3, 0.4) is 0 Å². The maximum atomic E-state index is 12.8. The minimum Gasteiger partial charge on any atom is -0.352 e. The lowest BCUT2D eigenvalue weighted by Gasteiger charge is -2.20. The third kappa shape index (κ3) is 1.72. The molecular weight excluding hydrogens is 282 g/mol. The first kappa shape index (κ1) is 13.2. The average Bonchev–Trinajstić information content (AvgIpc) is 3.27. The monoisotopic (exact) mass is 295 g/mol. The van der Waals surface area contributed by atoms with Crippen molar-refractivity contribution in [3.63, 3.8) is 0 Å². The second kappa shape index (κ2) is 4.48. The van der Waals surface area contributed by atoms with E-state index in [0.717, 1.165) is 12.0 Å². The first-order chi connectivity index (χ1) is 10.6. The van der Waals surface area contributed by atoms with Crippen LogP contribution in [0, 0.1) is 10.1 Å². The van der Waals surface area contributed by atoms with Crippen molar-refractivity contribution in [1.82, 2.24) is 0 Å². The largest absolute Gasteiger partial charge is 0.352 e. The zero-order valence-corrected chi connectivity index (χ0v) is 11.7. The van der Waals surface area contributed by atoms with Gasteiger partial charge >= 0.3 is 0 Å². The smallest absolute Gasteiger partial charge is 0.275 e. The van der Waals surface area contributed by atoms with Crippen molar-refractivity contribution in [2.24, 2.45) is 0 Å². The zero-order valence-electron chi connectivity index (χ0n) is 11.7. The first-order valence-electron chi connectivity index (χ1n) is 7.17. The lowest BCUT2D eigenvalue weighted by molar-refractivity contribution is -0.385. The van der Waals surface area contributed by atoms with Crippen molar-refractivity contribution in [3.05, 3.63) is 75.3 Å². The number of benzene rings is 2. The summed E-state index contributed by atoms with van der Waals surface area (Å²) in [6.07, 6.45) is 0.800. The van der Waals surface area contributed by atoms with Gasteiger partial charge in [0.25, 0.3) is 5.69 Å². The Morgan fingerprint density at radius 3 is 2.68 bits per heavy atom. The van der Waals surface area contributed by atoms with Crippen LogP contribution < -0.4 is 0 Å². The topological polar surface area (TPSA) is 72.7 Å². The number of ketones is 1. The number of carbonyl (C=O) groups excluding carboxylic acids is 1. The summed E-state index contributed by atoms with van der Waals surface area (Å²) >= 11 is 0. The van der Waals surface area contributed by atoms with Gasteiger partial charge in [-0.2, -0.15) is 0 Å². The quantitative estimate of drug-likeness (QED) is 0.484. The average molecular weight is 295 g/mol. The number of rotatable bonds is 2. The van der Waals surface area contributed by atoms with Crippen LogP contribution in [0.15, 0.2) is 48.5 Å². The molecule has 2 unspecified atom stereocenters. The zero-order chi connectivity index (χ0) is 15.3. The Morgan fingerprint density at radius 2 is 1.86 bits per heavy atom. The van der Waals surface area contributed by atoms with Crippen molar-refractivity contribution in [3.8, 4) is 0 Å². The number of nitro groups is 1. The fourth-order valence-corrected chi connectivity index (χ4v) is 3.35. The van der Waals surface area contributed by atoms with Crippen LogP contribution in [0.5, 0.6) is 0 Å². The van der Waals surface area contributed by atoms with Gasteiger partial charge in [0.1, 0.15) is 6.10 Å². The number of Topliss-reactive ketones (excluding diaryl/α,β-unsaturated/α-hetero) is 1. The van der Waals surface area contributed by atoms with Gasteiger partial charge in [0.15, 0.2) is 11.4 Å². The molecule has 5 nitrogen and oxygen atoms in total. The molecule has 1 aliphatic carbocycles. The lowest BCUT2D eigenvalue weighted by Crippen LogP contribution is -2.31. The van der Waals surface area contributed by atoms with E-state index in [1.807, 2.05) is 18.2 Å². The molecule has 0 bridgehead atoms. The van der Waals surface area contributed by atoms with E-state index >= 15 is 0 Å². The maximum absolute atomic E-state index is 12.8. The minimum atomic E-state index is -0.916. The standard InChI is InChI=1S/C17H13NO4/c19-15-12-6-2-1-5-11(12)9-10-17(15)16(22-17)13-7-3-4-8-14(13)18(20)21/h1-8,16H,9-10H2. The molecule has 0 N–H and O–H groups in total. The number of ether oxygens (including phenoxy) is 1. The van der Waals surface area contributed by atoms with Crippen molar-refractivity contribution in [2.75, 3.05) is 0 Å². The summed E-state index contributed by atoms with van der Waals surface area (Å²) in [7, 11) is 0. The highest BCUT2D eigenvalue weighted by Crippen LogP contribution is 2.57. The molecule has 22 heavy (non-hydrogen) atoms. The number of nitrogens with zero attached hydrogens (tertiary/aromatic N) is 1. The number of carbonyl (C=O) groups is 1. The van der Waals surface area contributed by atoms with E-state index < -0.39 is 16.6 Å². The first-order valence-corrected chi connectivity index (χ1v) is 7.17. The van der Waals surface area contributed by atoms with Crippen LogP contribution in [-0.4, -0.2) is 16.3 Å². The summed E-state index contributed by atoms with van der Waals surface area (Å²) in [4.78, 5) is 23.5. The van der Waals surface area contributed by atoms with Crippen molar-refractivity contribution < 1.29 is 14.5 Å². The number of nitro benzene ring substituents is 1. The molecule has 2 aliphatic rings. The Labute approximate surface area is 126 Å². The highest BCUT2D eigenvalue weighted by molar-refractivity contribution is 6.07. The summed E-state index contributed by atoms with van der Waals surface area (Å²) in [5, 5.41) is 11.2. The third-order valence-electron chi connectivity index (χ3n) is 4.52. The number of para-hydroxylation sites is 1. The second-order valence-electron chi connectivity index (χ2n) is 5.69. The number of epoxide rings is 1. The Balaban J connectivity index is 1.73. The van der Waals surface area contributed by atoms with Crippen molar-refractivity contribution in [2.45, 2.75) is 24.5 Å². The molecule has 4 rings (SSSR count). The molecule has 0 amide bonds. The molecule has 2 atom stereocenters. The predicted molar refractivity (Wildman–Crippen MR) is 78.7 cm³/mol. The van der Waals surface area contributed by atoms with E-state index in [1.165, 1.54) is 6.07 Å². The van der Waals surface area contributed by atoms with Crippen LogP contribution in [0.1, 0.15) is 34.0 Å². The molecule has 2 aromatic carbocycles. The van der Waals surface area contributed by atoms with Gasteiger partial charge in [0, 0.05) is 11.6 Å². The number of aryl methyl sites for hydroxylation is 1. The molecule has 2 aromatic rings. The molecule has 1 aliphatic heterocycles. The molecule has 0 saturated carbocycles. The Hall–Kier alpha value is -2.53. The van der Waals surface area contributed by atoms with Gasteiger partial charge < -0.3 is 4.74 Å². The Kier molecular flexibility index (Phi) is 2.68. The summed E-state index contributed by atoms with van der Waals surface area (Å²) in [5.41, 5.74) is 1.28. The summed E-state index contributed by atoms with van der Waals surface area (Å²) in [6, 6.07) is 14.0. The highest BCUT2D eigenvalue weighted by Gasteiger charge is 2.65. The maximum Gasteiger partial charge on any atom is 0.275 e. The molecule has 1 fully saturated rings. The molecule has 0 aromatic heterocycles. The van der Waals surface area contributed by atoms with Crippen LogP contribution in [0.25, 0.3) is 0 Å². The van der Waals surface area contributed by atoms with E-state index in [4.69, 9.17) is 4.74 Å². The van der Waals surface area contributed by atoms with E-state index in [0.29, 0.717) is 17.5 Å². The van der Waals surface area contributed by atoms with Crippen LogP contribution in [0.2, 0.25) is 0 Å². The SMILES string of the molecule is O=C1c2ccccc2CCC12OC2c1ccccc1[N+](=O)[O-]. The van der Waals surface area contributed by atoms with Crippen molar-refractivity contribution >= 4 is 11.5 Å². The highest BCUT2D eigenvalue weighted by atomic mass is 16.6. The van der Waals surface area contributed by atoms with E-state index in [2.05, 4.69) is 0 Å². The fraction of sp³-hybridized carbons (Fsp3) is 0.235. The van der Waals surface area contributed by atoms with Gasteiger partial charge in [-0.1, -0.05) is 36.4 Å². The lowest BCUT2D eigenvalue weighted by atomic mass is 9.79. The van der Waals surface area contributed by atoms with E-state index in [-0.39, 0.29) is 11.5 Å². The molecule has 110 valence electrons. The van der Waals surface area contributed by atoms with Gasteiger partial charge in [0.05, 0.1) is 10.5 Å². The predicted octanol–water partition coefficient (Wildman–Crippen LogP) is 3.23. The molecule has 5 heteroatoms. The molecule has 1 spiro atoms. The summed E-state index contributed by atoms with van der Waals surface area (Å²) < 4.78 is 5.74. The van der Waals surface area contributed by atoms with E-state index in [9.17, 15) is 14.9 Å². The van der Waals surface area contributed by atoms with E-state index in [1.54, 1.807) is 24.3 Å². The molecule has 0 radical (unpaired) electrons. The summed E-state index contributed by atoms with van der Waals surface area (Å²) in [5.74, 6) is -0.0579. The van der Waals surface area contributed by atoms with Gasteiger partial charge in [-0.25, -0.2) is 0 Å². The molecule has 1 saturated heterocycles. The minimum absolute atomic E-state index is 0.0102. The molecular formula is C17H13NO4. The van der Waals surface area contributed by atoms with Crippen LogP contribution in [0.4, 0.5) is 5.69 Å². The Morgan fingerprint density at radius 1 is 1.14 bits per heavy atom. The fourth-order valence-electron chi connectivity index (χ4n) is 3.35. The number of hydrogen-bond donors (Lipinski definition) is 0. The van der Waals surface area contributed by atoms with Gasteiger partial charge in [-0.05, 0) is 24.5 Å². The summed E-state index contributed by atoms with van der Waals surface area (Å²) in [6.45, 7) is 0. The third-order valence-corrected chi connectivity index (χ3v) is 4.52. The van der Waals surface area contributed by atoms with Gasteiger partial charge in [-0.3, -0.25) is 14.9 Å². The number of fused-ring (bicyclic) bond motifs is 1. The van der Waals surface area contributed by atoms with Crippen molar-refractivity contribution in [1.29, 1.82) is 0 Å².